The predicted molar refractivity (Wildman–Crippen MR) is 37.9 cm³/mol. The highest BCUT2D eigenvalue weighted by atomic mass is 19.1. The second-order valence-electron chi connectivity index (χ2n) is 2.64. The lowest BCUT2D eigenvalue weighted by atomic mass is 9.98. The Labute approximate surface area is 64.9 Å². The van der Waals surface area contributed by atoms with Gasteiger partial charge < -0.3 is 10.1 Å². The molecule has 0 saturated carbocycles. The van der Waals surface area contributed by atoms with Crippen LogP contribution < -0.4 is 5.32 Å². The van der Waals surface area contributed by atoms with Crippen LogP contribution in [-0.4, -0.2) is 32.3 Å². The van der Waals surface area contributed by atoms with Gasteiger partial charge in [-0.1, -0.05) is 0 Å². The summed E-state index contributed by atoms with van der Waals surface area (Å²) in [5.74, 6) is -1.06. The first-order valence-electron chi connectivity index (χ1n) is 3.68. The van der Waals surface area contributed by atoms with Crippen LogP contribution in [0.3, 0.4) is 0 Å². The zero-order chi connectivity index (χ0) is 8.27. The van der Waals surface area contributed by atoms with Crippen LogP contribution in [0.25, 0.3) is 0 Å². The van der Waals surface area contributed by atoms with Crippen LogP contribution >= 0.6 is 0 Å². The van der Waals surface area contributed by atoms with Crippen molar-refractivity contribution in [3.8, 4) is 0 Å². The van der Waals surface area contributed by atoms with Crippen molar-refractivity contribution in [3.05, 3.63) is 0 Å². The van der Waals surface area contributed by atoms with Crippen molar-refractivity contribution in [2.45, 2.75) is 12.6 Å². The van der Waals surface area contributed by atoms with Crippen molar-refractivity contribution in [2.24, 2.45) is 5.92 Å². The summed E-state index contributed by atoms with van der Waals surface area (Å²) in [6.45, 7) is 1.04. The second kappa shape index (κ2) is 3.67. The fourth-order valence-corrected chi connectivity index (χ4v) is 1.21. The van der Waals surface area contributed by atoms with Gasteiger partial charge in [-0.2, -0.15) is 0 Å². The maximum atomic E-state index is 12.9. The molecule has 0 aromatic heterocycles. The van der Waals surface area contributed by atoms with E-state index < -0.39 is 18.1 Å². The van der Waals surface area contributed by atoms with E-state index in [0.29, 0.717) is 19.5 Å². The van der Waals surface area contributed by atoms with E-state index in [9.17, 15) is 9.18 Å². The Hall–Kier alpha value is -0.640. The Morgan fingerprint density at radius 3 is 3.00 bits per heavy atom. The monoisotopic (exact) mass is 161 g/mol. The Kier molecular flexibility index (Phi) is 2.82. The fourth-order valence-electron chi connectivity index (χ4n) is 1.21. The molecule has 0 aromatic rings. The van der Waals surface area contributed by atoms with Gasteiger partial charge in [-0.25, -0.2) is 4.39 Å². The topological polar surface area (TPSA) is 38.3 Å². The van der Waals surface area contributed by atoms with Crippen LogP contribution in [0.1, 0.15) is 6.42 Å². The molecule has 0 bridgehead atoms. The molecule has 1 N–H and O–H groups in total. The number of halogens is 1. The maximum Gasteiger partial charge on any atom is 0.312 e. The Balaban J connectivity index is 2.47. The standard InChI is InChI=1S/C7H12FNO2/c1-11-7(10)5-4-9-3-2-6(5)8/h5-6,9H,2-4H2,1H3. The van der Waals surface area contributed by atoms with Gasteiger partial charge in [0.15, 0.2) is 0 Å². The number of esters is 1. The minimum Gasteiger partial charge on any atom is -0.469 e. The number of methoxy groups -OCH3 is 1. The Morgan fingerprint density at radius 1 is 1.73 bits per heavy atom. The highest BCUT2D eigenvalue weighted by Gasteiger charge is 2.31. The summed E-state index contributed by atoms with van der Waals surface area (Å²) in [6, 6.07) is 0. The number of piperidine rings is 1. The van der Waals surface area contributed by atoms with Crippen molar-refractivity contribution in [2.75, 3.05) is 20.2 Å². The van der Waals surface area contributed by atoms with Gasteiger partial charge in [0, 0.05) is 6.54 Å². The third-order valence-corrected chi connectivity index (χ3v) is 1.90. The number of nitrogens with one attached hydrogen (secondary N) is 1. The summed E-state index contributed by atoms with van der Waals surface area (Å²) in [7, 11) is 1.28. The normalized spacial score (nSPS) is 31.5. The lowest BCUT2D eigenvalue weighted by Gasteiger charge is -2.24. The molecule has 64 valence electrons. The van der Waals surface area contributed by atoms with E-state index in [1.54, 1.807) is 0 Å². The second-order valence-corrected chi connectivity index (χ2v) is 2.64. The first-order chi connectivity index (χ1) is 5.25. The number of alkyl halides is 1. The van der Waals surface area contributed by atoms with Crippen molar-refractivity contribution in [1.82, 2.24) is 5.32 Å². The van der Waals surface area contributed by atoms with Crippen LogP contribution in [0.2, 0.25) is 0 Å². The van der Waals surface area contributed by atoms with E-state index in [1.165, 1.54) is 7.11 Å². The highest BCUT2D eigenvalue weighted by molar-refractivity contribution is 5.73. The minimum atomic E-state index is -1.04. The number of ether oxygens (including phenoxy) is 1. The van der Waals surface area contributed by atoms with Gasteiger partial charge in [0.1, 0.15) is 12.1 Å². The minimum absolute atomic E-state index is 0.397. The average Bonchev–Trinajstić information content (AvgIpc) is 2.04. The molecular weight excluding hydrogens is 149 g/mol. The Bertz CT molecular complexity index is 151. The van der Waals surface area contributed by atoms with E-state index >= 15 is 0 Å². The smallest absolute Gasteiger partial charge is 0.312 e. The number of rotatable bonds is 1. The van der Waals surface area contributed by atoms with Gasteiger partial charge >= 0.3 is 5.97 Å². The van der Waals surface area contributed by atoms with Crippen LogP contribution in [0, 0.1) is 5.92 Å². The van der Waals surface area contributed by atoms with Gasteiger partial charge in [-0.05, 0) is 13.0 Å². The quantitative estimate of drug-likeness (QED) is 0.554. The summed E-state index contributed by atoms with van der Waals surface area (Å²) >= 11 is 0. The van der Waals surface area contributed by atoms with E-state index in [1.807, 2.05) is 0 Å². The molecule has 2 unspecified atom stereocenters. The molecule has 1 fully saturated rings. The molecule has 1 aliphatic heterocycles. The van der Waals surface area contributed by atoms with Crippen LogP contribution in [0.4, 0.5) is 4.39 Å². The van der Waals surface area contributed by atoms with E-state index in [0.717, 1.165) is 0 Å². The number of hydrogen-bond donors (Lipinski definition) is 1. The van der Waals surface area contributed by atoms with E-state index in [-0.39, 0.29) is 0 Å². The molecule has 11 heavy (non-hydrogen) atoms. The van der Waals surface area contributed by atoms with Crippen LogP contribution in [0.5, 0.6) is 0 Å². The summed E-state index contributed by atoms with van der Waals surface area (Å²) in [6.07, 6.45) is -0.636. The largest absolute Gasteiger partial charge is 0.469 e. The lowest BCUT2D eigenvalue weighted by Crippen LogP contribution is -2.42. The van der Waals surface area contributed by atoms with Gasteiger partial charge in [0.2, 0.25) is 0 Å². The molecule has 0 amide bonds. The molecule has 1 saturated heterocycles. The van der Waals surface area contributed by atoms with Gasteiger partial charge in [0.05, 0.1) is 7.11 Å². The van der Waals surface area contributed by atoms with Crippen LogP contribution in [-0.2, 0) is 9.53 Å². The molecule has 4 heteroatoms. The summed E-state index contributed by atoms with van der Waals surface area (Å²) in [5, 5.41) is 2.94. The van der Waals surface area contributed by atoms with Gasteiger partial charge in [0.25, 0.3) is 0 Å². The molecule has 0 radical (unpaired) electrons. The predicted octanol–water partition coefficient (Wildman–Crippen LogP) is 0.107. The average molecular weight is 161 g/mol. The summed E-state index contributed by atoms with van der Waals surface area (Å²) in [4.78, 5) is 10.9. The van der Waals surface area contributed by atoms with Gasteiger partial charge in [-0.3, -0.25) is 4.79 Å². The van der Waals surface area contributed by atoms with E-state index in [4.69, 9.17) is 0 Å². The van der Waals surface area contributed by atoms with Crippen molar-refractivity contribution in [1.29, 1.82) is 0 Å². The molecule has 3 nitrogen and oxygen atoms in total. The lowest BCUT2D eigenvalue weighted by molar-refractivity contribution is -0.148. The molecule has 2 atom stereocenters. The van der Waals surface area contributed by atoms with Crippen molar-refractivity contribution >= 4 is 5.97 Å². The molecular formula is C7H12FNO2. The number of carbonyl (C=O) groups is 1. The molecule has 0 aromatic carbocycles. The molecule has 1 rings (SSSR count). The maximum absolute atomic E-state index is 12.9. The highest BCUT2D eigenvalue weighted by Crippen LogP contribution is 2.15. The fraction of sp³-hybridized carbons (Fsp3) is 0.857. The third kappa shape index (κ3) is 1.89. The molecule has 1 aliphatic rings. The van der Waals surface area contributed by atoms with Crippen molar-refractivity contribution in [3.63, 3.8) is 0 Å². The first-order valence-corrected chi connectivity index (χ1v) is 3.68. The Morgan fingerprint density at radius 2 is 2.45 bits per heavy atom. The first kappa shape index (κ1) is 8.46. The third-order valence-electron chi connectivity index (χ3n) is 1.90. The summed E-state index contributed by atoms with van der Waals surface area (Å²) in [5.41, 5.74) is 0. The van der Waals surface area contributed by atoms with E-state index in [2.05, 4.69) is 10.1 Å². The molecule has 1 heterocycles. The molecule has 0 aliphatic carbocycles. The zero-order valence-corrected chi connectivity index (χ0v) is 6.47. The SMILES string of the molecule is COC(=O)C1CNCCC1F. The summed E-state index contributed by atoms with van der Waals surface area (Å²) < 4.78 is 17.4. The number of carbonyl (C=O) groups excluding carboxylic acids is 1. The molecule has 0 spiro atoms. The van der Waals surface area contributed by atoms with Crippen LogP contribution in [0.15, 0.2) is 0 Å². The number of hydrogen-bond acceptors (Lipinski definition) is 3. The van der Waals surface area contributed by atoms with Crippen molar-refractivity contribution < 1.29 is 13.9 Å². The van der Waals surface area contributed by atoms with Gasteiger partial charge in [-0.15, -0.1) is 0 Å². The zero-order valence-electron chi connectivity index (χ0n) is 6.47.